The van der Waals surface area contributed by atoms with Crippen molar-refractivity contribution >= 4 is 33.2 Å². The van der Waals surface area contributed by atoms with Gasteiger partial charge >= 0.3 is 0 Å². The molecule has 1 nitrogen and oxygen atoms in total. The third-order valence-corrected chi connectivity index (χ3v) is 3.99. The molecule has 0 bridgehead atoms. The fraction of sp³-hybridized carbons (Fsp3) is 0.538. The second-order valence-electron chi connectivity index (χ2n) is 4.14. The van der Waals surface area contributed by atoms with Crippen molar-refractivity contribution in [2.75, 3.05) is 5.32 Å². The van der Waals surface area contributed by atoms with Gasteiger partial charge in [-0.2, -0.15) is 0 Å². The summed E-state index contributed by atoms with van der Waals surface area (Å²) in [5, 5.41) is 4.23. The summed E-state index contributed by atoms with van der Waals surface area (Å²) in [5.74, 6) is 0. The molecule has 1 atom stereocenters. The zero-order valence-electron chi connectivity index (χ0n) is 9.89. The van der Waals surface area contributed by atoms with Crippen LogP contribution in [-0.2, 0) is 0 Å². The van der Waals surface area contributed by atoms with E-state index in [1.54, 1.807) is 0 Å². The molecule has 0 aliphatic heterocycles. The summed E-state index contributed by atoms with van der Waals surface area (Å²) in [4.78, 5) is 0. The molecule has 1 unspecified atom stereocenters. The number of hydrogen-bond donors (Lipinski definition) is 1. The molecular weight excluding hydrogens is 286 g/mol. The van der Waals surface area contributed by atoms with Crippen LogP contribution in [0.3, 0.4) is 0 Å². The Hall–Kier alpha value is -0.210. The van der Waals surface area contributed by atoms with Gasteiger partial charge in [0.25, 0.3) is 0 Å². The van der Waals surface area contributed by atoms with E-state index in [-0.39, 0.29) is 0 Å². The van der Waals surface area contributed by atoms with E-state index in [9.17, 15) is 0 Å². The summed E-state index contributed by atoms with van der Waals surface area (Å²) < 4.78 is 0.957. The van der Waals surface area contributed by atoms with Crippen LogP contribution in [0.15, 0.2) is 22.7 Å². The Morgan fingerprint density at radius 3 is 2.81 bits per heavy atom. The molecule has 0 aliphatic rings. The van der Waals surface area contributed by atoms with Gasteiger partial charge in [-0.05, 0) is 41.4 Å². The van der Waals surface area contributed by atoms with Crippen LogP contribution in [0.2, 0.25) is 5.02 Å². The van der Waals surface area contributed by atoms with Crippen LogP contribution in [0.25, 0.3) is 0 Å². The Bertz CT molecular complexity index is 328. The molecular formula is C13H19BrClN. The van der Waals surface area contributed by atoms with Gasteiger partial charge in [0.05, 0.1) is 15.2 Å². The Balaban J connectivity index is 2.49. The van der Waals surface area contributed by atoms with Crippen molar-refractivity contribution in [3.8, 4) is 0 Å². The maximum Gasteiger partial charge on any atom is 0.0593 e. The predicted octanol–water partition coefficient (Wildman–Crippen LogP) is 5.48. The van der Waals surface area contributed by atoms with E-state index in [0.29, 0.717) is 6.04 Å². The number of hydrogen-bond acceptors (Lipinski definition) is 1. The number of halogens is 2. The molecule has 0 heterocycles. The normalized spacial score (nSPS) is 12.5. The van der Waals surface area contributed by atoms with Crippen molar-refractivity contribution in [2.24, 2.45) is 0 Å². The fourth-order valence-corrected chi connectivity index (χ4v) is 2.21. The van der Waals surface area contributed by atoms with Crippen molar-refractivity contribution in [1.29, 1.82) is 0 Å². The van der Waals surface area contributed by atoms with Crippen LogP contribution >= 0.6 is 27.5 Å². The van der Waals surface area contributed by atoms with Crippen molar-refractivity contribution < 1.29 is 0 Å². The molecule has 0 aromatic heterocycles. The number of nitrogens with one attached hydrogen (secondary N) is 1. The number of anilines is 1. The highest BCUT2D eigenvalue weighted by Crippen LogP contribution is 2.30. The molecule has 1 N–H and O–H groups in total. The summed E-state index contributed by atoms with van der Waals surface area (Å²) in [6.07, 6.45) is 5.06. The van der Waals surface area contributed by atoms with Crippen LogP contribution in [0.1, 0.15) is 39.5 Å². The largest absolute Gasteiger partial charge is 0.382 e. The minimum atomic E-state index is 0.487. The van der Waals surface area contributed by atoms with Crippen molar-refractivity contribution in [2.45, 2.75) is 45.6 Å². The third-order valence-electron chi connectivity index (χ3n) is 2.59. The average Bonchev–Trinajstić information content (AvgIpc) is 2.25. The van der Waals surface area contributed by atoms with Gasteiger partial charge in [0.15, 0.2) is 0 Å². The lowest BCUT2D eigenvalue weighted by atomic mass is 10.1. The van der Waals surface area contributed by atoms with Gasteiger partial charge in [0, 0.05) is 6.04 Å². The topological polar surface area (TPSA) is 12.0 Å². The lowest BCUT2D eigenvalue weighted by molar-refractivity contribution is 0.615. The molecule has 3 heteroatoms. The first-order chi connectivity index (χ1) is 7.65. The maximum atomic E-state index is 6.04. The Kier molecular flexibility index (Phi) is 6.22. The molecule has 0 fully saturated rings. The first-order valence-corrected chi connectivity index (χ1v) is 7.02. The molecule has 0 aliphatic carbocycles. The molecule has 1 rings (SSSR count). The quantitative estimate of drug-likeness (QED) is 0.686. The van der Waals surface area contributed by atoms with Gasteiger partial charge in [-0.3, -0.25) is 0 Å². The van der Waals surface area contributed by atoms with E-state index in [4.69, 9.17) is 11.6 Å². The van der Waals surface area contributed by atoms with Gasteiger partial charge < -0.3 is 5.32 Å². The minimum Gasteiger partial charge on any atom is -0.382 e. The van der Waals surface area contributed by atoms with Gasteiger partial charge in [-0.1, -0.05) is 43.9 Å². The monoisotopic (exact) mass is 303 g/mol. The fourth-order valence-electron chi connectivity index (χ4n) is 1.65. The molecule has 1 aromatic rings. The van der Waals surface area contributed by atoms with Crippen LogP contribution < -0.4 is 5.32 Å². The van der Waals surface area contributed by atoms with E-state index in [2.05, 4.69) is 35.1 Å². The van der Waals surface area contributed by atoms with E-state index >= 15 is 0 Å². The highest BCUT2D eigenvalue weighted by Gasteiger charge is 2.06. The van der Waals surface area contributed by atoms with Crippen LogP contribution in [-0.4, -0.2) is 6.04 Å². The Morgan fingerprint density at radius 1 is 1.38 bits per heavy atom. The zero-order chi connectivity index (χ0) is 12.0. The third kappa shape index (κ3) is 4.34. The molecule has 1 aromatic carbocycles. The highest BCUT2D eigenvalue weighted by atomic mass is 79.9. The lowest BCUT2D eigenvalue weighted by Crippen LogP contribution is -2.15. The molecule has 90 valence electrons. The van der Waals surface area contributed by atoms with E-state index in [1.807, 2.05) is 18.2 Å². The van der Waals surface area contributed by atoms with Crippen molar-refractivity contribution in [3.05, 3.63) is 27.7 Å². The van der Waals surface area contributed by atoms with Gasteiger partial charge in [0.1, 0.15) is 0 Å². The summed E-state index contributed by atoms with van der Waals surface area (Å²) in [6, 6.07) is 6.39. The van der Waals surface area contributed by atoms with E-state index in [1.165, 1.54) is 25.7 Å². The second-order valence-corrected chi connectivity index (χ2v) is 5.34. The average molecular weight is 305 g/mol. The molecule has 0 spiro atoms. The van der Waals surface area contributed by atoms with Crippen LogP contribution in [0.5, 0.6) is 0 Å². The molecule has 16 heavy (non-hydrogen) atoms. The molecule has 0 radical (unpaired) electrons. The summed E-state index contributed by atoms with van der Waals surface area (Å²) in [7, 11) is 0. The minimum absolute atomic E-state index is 0.487. The Morgan fingerprint density at radius 2 is 2.12 bits per heavy atom. The van der Waals surface area contributed by atoms with Crippen LogP contribution in [0.4, 0.5) is 5.69 Å². The number of benzene rings is 1. The standard InChI is InChI=1S/C13H19BrClN/c1-3-4-5-7-10(2)16-12-9-6-8-11(15)13(12)14/h6,8-10,16H,3-5,7H2,1-2H3. The van der Waals surface area contributed by atoms with Gasteiger partial charge in [0.2, 0.25) is 0 Å². The first-order valence-electron chi connectivity index (χ1n) is 5.85. The van der Waals surface area contributed by atoms with Gasteiger partial charge in [-0.25, -0.2) is 0 Å². The summed E-state index contributed by atoms with van der Waals surface area (Å²) >= 11 is 9.53. The van der Waals surface area contributed by atoms with E-state index < -0.39 is 0 Å². The second kappa shape index (κ2) is 7.18. The lowest BCUT2D eigenvalue weighted by Gasteiger charge is -2.16. The van der Waals surface area contributed by atoms with Crippen LogP contribution in [0, 0.1) is 0 Å². The Labute approximate surface area is 112 Å². The smallest absolute Gasteiger partial charge is 0.0593 e. The summed E-state index contributed by atoms with van der Waals surface area (Å²) in [5.41, 5.74) is 1.08. The maximum absolute atomic E-state index is 6.04. The first kappa shape index (κ1) is 13.9. The van der Waals surface area contributed by atoms with Crippen molar-refractivity contribution in [1.82, 2.24) is 0 Å². The predicted molar refractivity (Wildman–Crippen MR) is 76.4 cm³/mol. The SMILES string of the molecule is CCCCCC(C)Nc1cccc(Cl)c1Br. The molecule has 0 saturated carbocycles. The highest BCUT2D eigenvalue weighted by molar-refractivity contribution is 9.10. The number of unbranched alkanes of at least 4 members (excludes halogenated alkanes) is 2. The van der Waals surface area contributed by atoms with Crippen molar-refractivity contribution in [3.63, 3.8) is 0 Å². The number of rotatable bonds is 6. The molecule has 0 amide bonds. The summed E-state index contributed by atoms with van der Waals surface area (Å²) in [6.45, 7) is 4.44. The van der Waals surface area contributed by atoms with E-state index in [0.717, 1.165) is 15.2 Å². The van der Waals surface area contributed by atoms with Gasteiger partial charge in [-0.15, -0.1) is 0 Å². The molecule has 0 saturated heterocycles. The zero-order valence-corrected chi connectivity index (χ0v) is 12.2.